The number of likely N-dealkylation sites (tertiary alicyclic amines) is 1. The predicted octanol–water partition coefficient (Wildman–Crippen LogP) is 1.40. The SMILES string of the molecule is CC1CC(C(=O)O)CN(C(=O)NCc2cccc(N(C)C)n2)C1. The summed E-state index contributed by atoms with van der Waals surface area (Å²) in [6.45, 7) is 3.14. The van der Waals surface area contributed by atoms with Gasteiger partial charge in [0.2, 0.25) is 0 Å². The summed E-state index contributed by atoms with van der Waals surface area (Å²) in [5.74, 6) is -0.311. The van der Waals surface area contributed by atoms with Gasteiger partial charge in [-0.1, -0.05) is 13.0 Å². The summed E-state index contributed by atoms with van der Waals surface area (Å²) in [5, 5.41) is 12.0. The van der Waals surface area contributed by atoms with E-state index in [0.29, 0.717) is 19.5 Å². The molecule has 7 nitrogen and oxygen atoms in total. The summed E-state index contributed by atoms with van der Waals surface area (Å²) in [4.78, 5) is 31.4. The first-order chi connectivity index (χ1) is 10.9. The number of amides is 2. The molecule has 2 heterocycles. The number of urea groups is 1. The van der Waals surface area contributed by atoms with Crippen molar-refractivity contribution in [1.82, 2.24) is 15.2 Å². The second-order valence-corrected chi connectivity index (χ2v) is 6.32. The molecular weight excluding hydrogens is 296 g/mol. The number of rotatable bonds is 4. The highest BCUT2D eigenvalue weighted by atomic mass is 16.4. The van der Waals surface area contributed by atoms with E-state index in [1.165, 1.54) is 0 Å². The second-order valence-electron chi connectivity index (χ2n) is 6.32. The first kappa shape index (κ1) is 17.1. The number of nitrogens with one attached hydrogen (secondary N) is 1. The molecule has 0 aliphatic carbocycles. The first-order valence-electron chi connectivity index (χ1n) is 7.75. The minimum atomic E-state index is -0.838. The number of carbonyl (C=O) groups excluding carboxylic acids is 1. The number of hydrogen-bond acceptors (Lipinski definition) is 4. The van der Waals surface area contributed by atoms with E-state index < -0.39 is 11.9 Å². The van der Waals surface area contributed by atoms with E-state index in [-0.39, 0.29) is 18.5 Å². The number of nitrogens with zero attached hydrogens (tertiary/aromatic N) is 3. The van der Waals surface area contributed by atoms with Crippen molar-refractivity contribution in [2.24, 2.45) is 11.8 Å². The fourth-order valence-corrected chi connectivity index (χ4v) is 2.79. The summed E-state index contributed by atoms with van der Waals surface area (Å²) < 4.78 is 0. The van der Waals surface area contributed by atoms with Gasteiger partial charge in [-0.2, -0.15) is 0 Å². The fourth-order valence-electron chi connectivity index (χ4n) is 2.79. The molecule has 1 aliphatic heterocycles. The Morgan fingerprint density at radius 2 is 2.13 bits per heavy atom. The molecule has 0 aromatic carbocycles. The molecule has 0 radical (unpaired) electrons. The van der Waals surface area contributed by atoms with Gasteiger partial charge in [0.25, 0.3) is 0 Å². The Morgan fingerprint density at radius 3 is 2.78 bits per heavy atom. The van der Waals surface area contributed by atoms with Crippen LogP contribution in [0.15, 0.2) is 18.2 Å². The van der Waals surface area contributed by atoms with Gasteiger partial charge < -0.3 is 20.2 Å². The average Bonchev–Trinajstić information content (AvgIpc) is 2.52. The predicted molar refractivity (Wildman–Crippen MR) is 87.3 cm³/mol. The van der Waals surface area contributed by atoms with Crippen LogP contribution in [0.2, 0.25) is 0 Å². The van der Waals surface area contributed by atoms with Crippen LogP contribution < -0.4 is 10.2 Å². The largest absolute Gasteiger partial charge is 0.481 e. The molecule has 0 spiro atoms. The number of carboxylic acid groups (broad SMARTS) is 1. The van der Waals surface area contributed by atoms with Crippen molar-refractivity contribution in [3.05, 3.63) is 23.9 Å². The lowest BCUT2D eigenvalue weighted by molar-refractivity contribution is -0.143. The maximum absolute atomic E-state index is 12.3. The van der Waals surface area contributed by atoms with Gasteiger partial charge >= 0.3 is 12.0 Å². The molecule has 0 bridgehead atoms. The molecule has 2 unspecified atom stereocenters. The van der Waals surface area contributed by atoms with Crippen molar-refractivity contribution in [3.63, 3.8) is 0 Å². The monoisotopic (exact) mass is 320 g/mol. The Labute approximate surface area is 136 Å². The van der Waals surface area contributed by atoms with Crippen LogP contribution in [-0.2, 0) is 11.3 Å². The van der Waals surface area contributed by atoms with Gasteiger partial charge in [-0.3, -0.25) is 4.79 Å². The third-order valence-electron chi connectivity index (χ3n) is 3.97. The van der Waals surface area contributed by atoms with Gasteiger partial charge in [0, 0.05) is 27.2 Å². The molecule has 1 aromatic heterocycles. The standard InChI is InChI=1S/C16H24N4O3/c1-11-7-12(15(21)22)10-20(9-11)16(23)17-8-13-5-4-6-14(18-13)19(2)3/h4-6,11-12H,7-10H2,1-3H3,(H,17,23)(H,21,22). The Hall–Kier alpha value is -2.31. The zero-order valence-corrected chi connectivity index (χ0v) is 13.8. The van der Waals surface area contributed by atoms with Crippen LogP contribution in [0.25, 0.3) is 0 Å². The smallest absolute Gasteiger partial charge is 0.317 e. The summed E-state index contributed by atoms with van der Waals surface area (Å²) in [6.07, 6.45) is 0.617. The number of piperidine rings is 1. The van der Waals surface area contributed by atoms with E-state index in [1.807, 2.05) is 44.1 Å². The minimum Gasteiger partial charge on any atom is -0.481 e. The van der Waals surface area contributed by atoms with E-state index >= 15 is 0 Å². The van der Waals surface area contributed by atoms with Gasteiger partial charge in [-0.25, -0.2) is 9.78 Å². The quantitative estimate of drug-likeness (QED) is 0.876. The lowest BCUT2D eigenvalue weighted by Gasteiger charge is -2.34. The second kappa shape index (κ2) is 7.30. The van der Waals surface area contributed by atoms with E-state index in [2.05, 4.69) is 10.3 Å². The van der Waals surface area contributed by atoms with Crippen molar-refractivity contribution >= 4 is 17.8 Å². The molecule has 2 amide bonds. The fraction of sp³-hybridized carbons (Fsp3) is 0.562. The highest BCUT2D eigenvalue weighted by Gasteiger charge is 2.31. The Balaban J connectivity index is 1.94. The molecule has 7 heteroatoms. The van der Waals surface area contributed by atoms with Gasteiger partial charge in [-0.15, -0.1) is 0 Å². The van der Waals surface area contributed by atoms with Gasteiger partial charge in [0.05, 0.1) is 18.2 Å². The van der Waals surface area contributed by atoms with Gasteiger partial charge in [0.15, 0.2) is 0 Å². The minimum absolute atomic E-state index is 0.186. The van der Waals surface area contributed by atoms with Crippen LogP contribution in [0.1, 0.15) is 19.0 Å². The molecule has 126 valence electrons. The maximum atomic E-state index is 12.3. The summed E-state index contributed by atoms with van der Waals surface area (Å²) >= 11 is 0. The molecule has 0 saturated carbocycles. The Kier molecular flexibility index (Phi) is 5.41. The molecule has 1 saturated heterocycles. The number of carbonyl (C=O) groups is 2. The van der Waals surface area contributed by atoms with Gasteiger partial charge in [-0.05, 0) is 24.5 Å². The summed E-state index contributed by atoms with van der Waals surface area (Å²) in [6, 6.07) is 5.41. The van der Waals surface area contributed by atoms with E-state index in [9.17, 15) is 14.7 Å². The lowest BCUT2D eigenvalue weighted by atomic mass is 9.91. The van der Waals surface area contributed by atoms with Crippen molar-refractivity contribution in [3.8, 4) is 0 Å². The van der Waals surface area contributed by atoms with E-state index in [4.69, 9.17) is 0 Å². The van der Waals surface area contributed by atoms with Crippen molar-refractivity contribution < 1.29 is 14.7 Å². The zero-order chi connectivity index (χ0) is 17.0. The normalized spacial score (nSPS) is 20.9. The van der Waals surface area contributed by atoms with E-state index in [0.717, 1.165) is 11.5 Å². The first-order valence-corrected chi connectivity index (χ1v) is 7.75. The number of pyridine rings is 1. The van der Waals surface area contributed by atoms with Gasteiger partial charge in [0.1, 0.15) is 5.82 Å². The molecular formula is C16H24N4O3. The van der Waals surface area contributed by atoms with Crippen LogP contribution in [0.3, 0.4) is 0 Å². The van der Waals surface area contributed by atoms with Crippen molar-refractivity contribution in [2.75, 3.05) is 32.1 Å². The third-order valence-corrected chi connectivity index (χ3v) is 3.97. The maximum Gasteiger partial charge on any atom is 0.317 e. The zero-order valence-electron chi connectivity index (χ0n) is 13.8. The molecule has 1 aliphatic rings. The van der Waals surface area contributed by atoms with E-state index in [1.54, 1.807) is 4.90 Å². The summed E-state index contributed by atoms with van der Waals surface area (Å²) in [7, 11) is 3.82. The number of aromatic nitrogens is 1. The van der Waals surface area contributed by atoms with Crippen LogP contribution in [-0.4, -0.2) is 54.2 Å². The Bertz CT molecular complexity index is 576. The third kappa shape index (κ3) is 4.58. The molecule has 2 N–H and O–H groups in total. The number of carboxylic acids is 1. The number of aliphatic carboxylic acids is 1. The van der Waals surface area contributed by atoms with Crippen LogP contribution in [0, 0.1) is 11.8 Å². The molecule has 2 rings (SSSR count). The summed E-state index contributed by atoms with van der Waals surface area (Å²) in [5.41, 5.74) is 0.768. The lowest BCUT2D eigenvalue weighted by Crippen LogP contribution is -2.49. The highest BCUT2D eigenvalue weighted by Crippen LogP contribution is 2.21. The molecule has 1 aromatic rings. The van der Waals surface area contributed by atoms with Crippen molar-refractivity contribution in [2.45, 2.75) is 19.9 Å². The van der Waals surface area contributed by atoms with Crippen LogP contribution in [0.4, 0.5) is 10.6 Å². The van der Waals surface area contributed by atoms with Crippen molar-refractivity contribution in [1.29, 1.82) is 0 Å². The van der Waals surface area contributed by atoms with Crippen LogP contribution in [0.5, 0.6) is 0 Å². The van der Waals surface area contributed by atoms with Crippen LogP contribution >= 0.6 is 0 Å². The molecule has 23 heavy (non-hydrogen) atoms. The number of anilines is 1. The average molecular weight is 320 g/mol. The number of hydrogen-bond donors (Lipinski definition) is 2. The molecule has 2 atom stereocenters. The Morgan fingerprint density at radius 1 is 1.39 bits per heavy atom. The molecule has 1 fully saturated rings. The topological polar surface area (TPSA) is 85.8 Å². The highest BCUT2D eigenvalue weighted by molar-refractivity contribution is 5.76.